The standard InChI is InChI=1S/C18H23N3OS/c1-14(2)20-17-10-6-7-11-18(17)21(23(20)22)16(12-13-19)15-8-4-3-5-9-15/h3-11,14,16H,12-13,19H2,1-2H3. The SMILES string of the molecule is CC(C)N1c2ccccc2N(C(CCN)c2ccccc2)S1=O. The van der Waals surface area contributed by atoms with Crippen molar-refractivity contribution in [3.8, 4) is 0 Å². The van der Waals surface area contributed by atoms with Crippen molar-refractivity contribution in [3.63, 3.8) is 0 Å². The molecule has 2 unspecified atom stereocenters. The van der Waals surface area contributed by atoms with Gasteiger partial charge in [0.05, 0.1) is 17.4 Å². The number of hydrogen-bond donors (Lipinski definition) is 1. The van der Waals surface area contributed by atoms with Crippen LogP contribution in [0.4, 0.5) is 11.4 Å². The lowest BCUT2D eigenvalue weighted by Crippen LogP contribution is -2.38. The number of fused-ring (bicyclic) bond motifs is 1. The first kappa shape index (κ1) is 16.0. The topological polar surface area (TPSA) is 49.6 Å². The van der Waals surface area contributed by atoms with Gasteiger partial charge in [-0.05, 0) is 44.5 Å². The normalized spacial score (nSPS) is 18.3. The average Bonchev–Trinajstić information content (AvgIpc) is 2.85. The highest BCUT2D eigenvalue weighted by atomic mass is 32.2. The molecule has 0 saturated carbocycles. The van der Waals surface area contributed by atoms with Crippen molar-refractivity contribution in [2.24, 2.45) is 5.73 Å². The zero-order chi connectivity index (χ0) is 16.4. The van der Waals surface area contributed by atoms with Crippen molar-refractivity contribution in [2.75, 3.05) is 15.2 Å². The Hall–Kier alpha value is -1.85. The molecule has 1 aliphatic rings. The summed E-state index contributed by atoms with van der Waals surface area (Å²) >= 11 is -1.25. The quantitative estimate of drug-likeness (QED) is 0.914. The van der Waals surface area contributed by atoms with Crippen LogP contribution in [-0.2, 0) is 11.2 Å². The number of rotatable bonds is 5. The summed E-state index contributed by atoms with van der Waals surface area (Å²) in [5, 5.41) is 0. The summed E-state index contributed by atoms with van der Waals surface area (Å²) in [7, 11) is 0. The van der Waals surface area contributed by atoms with Crippen LogP contribution in [0.25, 0.3) is 0 Å². The Morgan fingerprint density at radius 1 is 0.957 bits per heavy atom. The van der Waals surface area contributed by atoms with E-state index in [4.69, 9.17) is 5.73 Å². The molecule has 2 aromatic rings. The molecule has 5 heteroatoms. The van der Waals surface area contributed by atoms with Crippen LogP contribution in [-0.4, -0.2) is 16.8 Å². The third-order valence-electron chi connectivity index (χ3n) is 4.07. The first-order chi connectivity index (χ1) is 11.1. The van der Waals surface area contributed by atoms with Crippen LogP contribution < -0.4 is 14.3 Å². The van der Waals surface area contributed by atoms with E-state index in [1.165, 1.54) is 0 Å². The fourth-order valence-electron chi connectivity index (χ4n) is 3.09. The van der Waals surface area contributed by atoms with Gasteiger partial charge in [-0.2, -0.15) is 0 Å². The van der Waals surface area contributed by atoms with Crippen molar-refractivity contribution in [1.82, 2.24) is 0 Å². The van der Waals surface area contributed by atoms with Crippen molar-refractivity contribution >= 4 is 22.5 Å². The molecule has 0 bridgehead atoms. The Morgan fingerprint density at radius 2 is 1.52 bits per heavy atom. The van der Waals surface area contributed by atoms with E-state index >= 15 is 0 Å². The molecule has 2 aromatic carbocycles. The number of nitrogens with zero attached hydrogens (tertiary/aromatic N) is 2. The van der Waals surface area contributed by atoms with E-state index in [1.54, 1.807) is 0 Å². The largest absolute Gasteiger partial charge is 0.330 e. The molecule has 0 fully saturated rings. The zero-order valence-electron chi connectivity index (χ0n) is 13.6. The molecule has 0 saturated heterocycles. The minimum atomic E-state index is -1.25. The highest BCUT2D eigenvalue weighted by Crippen LogP contribution is 2.45. The second-order valence-corrected chi connectivity index (χ2v) is 7.22. The molecule has 0 amide bonds. The third kappa shape index (κ3) is 2.86. The maximum Gasteiger partial charge on any atom is 0.226 e. The summed E-state index contributed by atoms with van der Waals surface area (Å²) in [5.74, 6) is 0. The lowest BCUT2D eigenvalue weighted by Gasteiger charge is -2.30. The Kier molecular flexibility index (Phi) is 4.68. The molecule has 4 nitrogen and oxygen atoms in total. The smallest absolute Gasteiger partial charge is 0.226 e. The van der Waals surface area contributed by atoms with Crippen LogP contribution in [0.5, 0.6) is 0 Å². The predicted molar refractivity (Wildman–Crippen MR) is 97.5 cm³/mol. The molecule has 1 aliphatic heterocycles. The second-order valence-electron chi connectivity index (χ2n) is 5.97. The van der Waals surface area contributed by atoms with Gasteiger partial charge in [0.25, 0.3) is 0 Å². The predicted octanol–water partition coefficient (Wildman–Crippen LogP) is 3.39. The number of para-hydroxylation sites is 2. The van der Waals surface area contributed by atoms with Gasteiger partial charge in [0.2, 0.25) is 11.2 Å². The maximum absolute atomic E-state index is 13.2. The Labute approximate surface area is 140 Å². The summed E-state index contributed by atoms with van der Waals surface area (Å²) in [5.41, 5.74) is 9.04. The molecule has 0 spiro atoms. The minimum absolute atomic E-state index is 0.00642. The molecule has 0 radical (unpaired) electrons. The van der Waals surface area contributed by atoms with Crippen molar-refractivity contribution in [2.45, 2.75) is 32.4 Å². The first-order valence-electron chi connectivity index (χ1n) is 7.99. The van der Waals surface area contributed by atoms with E-state index in [1.807, 2.05) is 51.1 Å². The van der Waals surface area contributed by atoms with E-state index in [2.05, 4.69) is 26.0 Å². The number of benzene rings is 2. The lowest BCUT2D eigenvalue weighted by atomic mass is 10.0. The Balaban J connectivity index is 2.08. The summed E-state index contributed by atoms with van der Waals surface area (Å²) in [4.78, 5) is 0. The van der Waals surface area contributed by atoms with Gasteiger partial charge in [0, 0.05) is 6.04 Å². The van der Waals surface area contributed by atoms with Crippen LogP contribution in [0, 0.1) is 0 Å². The van der Waals surface area contributed by atoms with E-state index in [0.717, 1.165) is 23.4 Å². The van der Waals surface area contributed by atoms with Crippen molar-refractivity contribution in [1.29, 1.82) is 0 Å². The van der Waals surface area contributed by atoms with Gasteiger partial charge in [0.15, 0.2) is 0 Å². The van der Waals surface area contributed by atoms with Crippen LogP contribution in [0.15, 0.2) is 54.6 Å². The lowest BCUT2D eigenvalue weighted by molar-refractivity contribution is 0.635. The van der Waals surface area contributed by atoms with E-state index in [9.17, 15) is 4.21 Å². The summed E-state index contributed by atoms with van der Waals surface area (Å²) in [6.07, 6.45) is 0.760. The average molecular weight is 329 g/mol. The molecular weight excluding hydrogens is 306 g/mol. The summed E-state index contributed by atoms with van der Waals surface area (Å²) in [6, 6.07) is 18.4. The monoisotopic (exact) mass is 329 g/mol. The number of nitrogens with two attached hydrogens (primary N) is 1. The van der Waals surface area contributed by atoms with E-state index < -0.39 is 11.2 Å². The zero-order valence-corrected chi connectivity index (χ0v) is 14.4. The minimum Gasteiger partial charge on any atom is -0.330 e. The van der Waals surface area contributed by atoms with Gasteiger partial charge in [-0.25, -0.2) is 4.21 Å². The van der Waals surface area contributed by atoms with Gasteiger partial charge >= 0.3 is 0 Å². The molecule has 3 rings (SSSR count). The Bertz CT molecular complexity index is 690. The molecule has 1 heterocycles. The summed E-state index contributed by atoms with van der Waals surface area (Å²) in [6.45, 7) is 4.69. The van der Waals surface area contributed by atoms with Gasteiger partial charge in [0.1, 0.15) is 0 Å². The van der Waals surface area contributed by atoms with Crippen LogP contribution in [0.2, 0.25) is 0 Å². The molecule has 2 atom stereocenters. The highest BCUT2D eigenvalue weighted by Gasteiger charge is 2.39. The first-order valence-corrected chi connectivity index (χ1v) is 9.06. The van der Waals surface area contributed by atoms with Gasteiger partial charge in [-0.3, -0.25) is 8.61 Å². The van der Waals surface area contributed by atoms with E-state index in [-0.39, 0.29) is 12.1 Å². The number of hydrogen-bond acceptors (Lipinski definition) is 2. The summed E-state index contributed by atoms with van der Waals surface area (Å²) < 4.78 is 17.2. The molecular formula is C18H23N3OS. The van der Waals surface area contributed by atoms with Crippen molar-refractivity contribution < 1.29 is 4.21 Å². The van der Waals surface area contributed by atoms with Crippen LogP contribution in [0.3, 0.4) is 0 Å². The maximum atomic E-state index is 13.2. The third-order valence-corrected chi connectivity index (χ3v) is 5.81. The molecule has 122 valence electrons. The molecule has 23 heavy (non-hydrogen) atoms. The Morgan fingerprint density at radius 3 is 2.09 bits per heavy atom. The number of anilines is 2. The van der Waals surface area contributed by atoms with Gasteiger partial charge in [-0.1, -0.05) is 42.5 Å². The molecule has 0 aromatic heterocycles. The molecule has 2 N–H and O–H groups in total. The molecule has 0 aliphatic carbocycles. The van der Waals surface area contributed by atoms with Gasteiger partial charge < -0.3 is 5.73 Å². The van der Waals surface area contributed by atoms with Crippen LogP contribution in [0.1, 0.15) is 31.9 Å². The second kappa shape index (κ2) is 6.72. The van der Waals surface area contributed by atoms with Gasteiger partial charge in [-0.15, -0.1) is 0 Å². The fraction of sp³-hybridized carbons (Fsp3) is 0.333. The fourth-order valence-corrected chi connectivity index (χ4v) is 4.73. The van der Waals surface area contributed by atoms with Crippen molar-refractivity contribution in [3.05, 3.63) is 60.2 Å². The van der Waals surface area contributed by atoms with E-state index in [0.29, 0.717) is 6.54 Å². The van der Waals surface area contributed by atoms with Crippen LogP contribution >= 0.6 is 0 Å². The highest BCUT2D eigenvalue weighted by molar-refractivity contribution is 7.88.